The molecule has 0 aromatic heterocycles. The van der Waals surface area contributed by atoms with Crippen LogP contribution in [0.15, 0.2) is 18.2 Å². The molecule has 5 heteroatoms. The Bertz CT molecular complexity index is 398. The molecule has 1 unspecified atom stereocenters. The van der Waals surface area contributed by atoms with E-state index in [0.717, 1.165) is 6.42 Å². The molecule has 0 radical (unpaired) electrons. The average Bonchev–Trinajstić information content (AvgIpc) is 2.31. The Morgan fingerprint density at radius 1 is 1.59 bits per heavy atom. The van der Waals surface area contributed by atoms with Crippen LogP contribution in [0.3, 0.4) is 0 Å². The summed E-state index contributed by atoms with van der Waals surface area (Å²) >= 11 is 5.66. The molecule has 1 rings (SSSR count). The molecule has 1 atom stereocenters. The average molecular weight is 260 g/mol. The Morgan fingerprint density at radius 2 is 2.29 bits per heavy atom. The van der Waals surface area contributed by atoms with Crippen LogP contribution in [0.1, 0.15) is 24.9 Å². The van der Waals surface area contributed by atoms with Gasteiger partial charge in [0.05, 0.1) is 7.11 Å². The van der Waals surface area contributed by atoms with E-state index in [0.29, 0.717) is 11.6 Å². The smallest absolute Gasteiger partial charge is 0.327 e. The van der Waals surface area contributed by atoms with Crippen LogP contribution in [-0.2, 0) is 9.53 Å². The lowest BCUT2D eigenvalue weighted by molar-refractivity contribution is -0.143. The van der Waals surface area contributed by atoms with Gasteiger partial charge in [0, 0.05) is 10.6 Å². The summed E-state index contributed by atoms with van der Waals surface area (Å²) in [7, 11) is 1.27. The van der Waals surface area contributed by atoms with E-state index < -0.39 is 17.8 Å². The van der Waals surface area contributed by atoms with Gasteiger partial charge in [-0.3, -0.25) is 0 Å². The highest BCUT2D eigenvalue weighted by molar-refractivity contribution is 6.30. The number of esters is 1. The second kappa shape index (κ2) is 6.57. The van der Waals surface area contributed by atoms with Gasteiger partial charge in [0.25, 0.3) is 0 Å². The Kier molecular flexibility index (Phi) is 5.38. The summed E-state index contributed by atoms with van der Waals surface area (Å²) in [4.78, 5) is 11.6. The molecule has 0 amide bonds. The third-order valence-electron chi connectivity index (χ3n) is 2.31. The lowest BCUT2D eigenvalue weighted by atomic mass is 10.1. The first kappa shape index (κ1) is 13.9. The number of hydrogen-bond acceptors (Lipinski definition) is 3. The molecule has 17 heavy (non-hydrogen) atoms. The van der Waals surface area contributed by atoms with Gasteiger partial charge in [0.1, 0.15) is 11.9 Å². The highest BCUT2D eigenvalue weighted by Crippen LogP contribution is 2.21. The minimum absolute atomic E-state index is 0.245. The summed E-state index contributed by atoms with van der Waals surface area (Å²) in [5, 5.41) is 3.24. The van der Waals surface area contributed by atoms with Crippen molar-refractivity contribution in [1.82, 2.24) is 5.32 Å². The number of rotatable bonds is 5. The molecule has 1 N–H and O–H groups in total. The molecule has 0 heterocycles. The van der Waals surface area contributed by atoms with E-state index in [1.807, 2.05) is 6.92 Å². The zero-order valence-corrected chi connectivity index (χ0v) is 10.6. The SMILES string of the molecule is CCCNC(C(=O)OC)c1ccc(Cl)cc1F. The molecular weight excluding hydrogens is 245 g/mol. The molecule has 1 aromatic rings. The summed E-state index contributed by atoms with van der Waals surface area (Å²) in [6, 6.07) is 3.42. The molecule has 94 valence electrons. The lowest BCUT2D eigenvalue weighted by Crippen LogP contribution is -2.30. The van der Waals surface area contributed by atoms with Gasteiger partial charge in [0.2, 0.25) is 0 Å². The molecule has 3 nitrogen and oxygen atoms in total. The maximum absolute atomic E-state index is 13.7. The monoisotopic (exact) mass is 259 g/mol. The van der Waals surface area contributed by atoms with Crippen LogP contribution < -0.4 is 5.32 Å². The summed E-state index contributed by atoms with van der Waals surface area (Å²) in [6.45, 7) is 2.56. The lowest BCUT2D eigenvalue weighted by Gasteiger charge is -2.17. The highest BCUT2D eigenvalue weighted by Gasteiger charge is 2.23. The largest absolute Gasteiger partial charge is 0.468 e. The van der Waals surface area contributed by atoms with Gasteiger partial charge in [-0.05, 0) is 25.1 Å². The van der Waals surface area contributed by atoms with Gasteiger partial charge in [-0.25, -0.2) is 9.18 Å². The van der Waals surface area contributed by atoms with Crippen molar-refractivity contribution >= 4 is 17.6 Å². The predicted octanol–water partition coefficient (Wildman–Crippen LogP) is 2.69. The summed E-state index contributed by atoms with van der Waals surface area (Å²) in [5.74, 6) is -1.03. The first-order valence-corrected chi connectivity index (χ1v) is 5.74. The predicted molar refractivity (Wildman–Crippen MR) is 64.5 cm³/mol. The number of carbonyl (C=O) groups is 1. The number of halogens is 2. The minimum atomic E-state index is -0.794. The molecule has 0 saturated carbocycles. The van der Waals surface area contributed by atoms with Gasteiger partial charge in [-0.2, -0.15) is 0 Å². The summed E-state index contributed by atoms with van der Waals surface area (Å²) < 4.78 is 18.3. The van der Waals surface area contributed by atoms with E-state index in [-0.39, 0.29) is 5.56 Å². The Labute approximate surface area is 105 Å². The topological polar surface area (TPSA) is 38.3 Å². The maximum Gasteiger partial charge on any atom is 0.327 e. The summed E-state index contributed by atoms with van der Waals surface area (Å²) in [6.07, 6.45) is 0.836. The Morgan fingerprint density at radius 3 is 2.82 bits per heavy atom. The fourth-order valence-electron chi connectivity index (χ4n) is 1.46. The second-order valence-corrected chi connectivity index (χ2v) is 4.01. The summed E-state index contributed by atoms with van der Waals surface area (Å²) in [5.41, 5.74) is 0.245. The molecule has 0 fully saturated rings. The van der Waals surface area contributed by atoms with E-state index >= 15 is 0 Å². The Hall–Kier alpha value is -1.13. The molecule has 1 aromatic carbocycles. The van der Waals surface area contributed by atoms with E-state index in [4.69, 9.17) is 11.6 Å². The van der Waals surface area contributed by atoms with Crippen LogP contribution in [0.25, 0.3) is 0 Å². The zero-order valence-electron chi connectivity index (χ0n) is 9.80. The standard InChI is InChI=1S/C12H15ClFNO2/c1-3-6-15-11(12(16)17-2)9-5-4-8(13)7-10(9)14/h4-5,7,11,15H,3,6H2,1-2H3. The highest BCUT2D eigenvalue weighted by atomic mass is 35.5. The molecule has 0 spiro atoms. The van der Waals surface area contributed by atoms with Gasteiger partial charge < -0.3 is 10.1 Å². The molecule has 0 aliphatic heterocycles. The van der Waals surface area contributed by atoms with E-state index in [1.54, 1.807) is 6.07 Å². The van der Waals surface area contributed by atoms with Crippen LogP contribution in [0.5, 0.6) is 0 Å². The number of nitrogens with one attached hydrogen (secondary N) is 1. The van der Waals surface area contributed by atoms with Gasteiger partial charge in [-0.1, -0.05) is 24.6 Å². The van der Waals surface area contributed by atoms with Crippen LogP contribution in [0.2, 0.25) is 5.02 Å². The molecular formula is C12H15ClFNO2. The Balaban J connectivity index is 2.99. The third-order valence-corrected chi connectivity index (χ3v) is 2.54. The first-order valence-electron chi connectivity index (χ1n) is 5.36. The minimum Gasteiger partial charge on any atom is -0.468 e. The van der Waals surface area contributed by atoms with Crippen LogP contribution in [0.4, 0.5) is 4.39 Å². The fourth-order valence-corrected chi connectivity index (χ4v) is 1.62. The maximum atomic E-state index is 13.7. The van der Waals surface area contributed by atoms with Crippen LogP contribution in [0, 0.1) is 5.82 Å². The fraction of sp³-hybridized carbons (Fsp3) is 0.417. The van der Waals surface area contributed by atoms with E-state index in [9.17, 15) is 9.18 Å². The normalized spacial score (nSPS) is 12.2. The molecule has 0 bridgehead atoms. The van der Waals surface area contributed by atoms with Crippen molar-refractivity contribution < 1.29 is 13.9 Å². The van der Waals surface area contributed by atoms with Crippen molar-refractivity contribution in [1.29, 1.82) is 0 Å². The number of carbonyl (C=O) groups excluding carboxylic acids is 1. The quantitative estimate of drug-likeness (QED) is 0.827. The number of ether oxygens (including phenoxy) is 1. The van der Waals surface area contributed by atoms with Crippen molar-refractivity contribution in [3.63, 3.8) is 0 Å². The second-order valence-electron chi connectivity index (χ2n) is 3.58. The molecule has 0 aliphatic carbocycles. The van der Waals surface area contributed by atoms with Gasteiger partial charge >= 0.3 is 5.97 Å². The van der Waals surface area contributed by atoms with Crippen molar-refractivity contribution in [3.05, 3.63) is 34.6 Å². The van der Waals surface area contributed by atoms with Crippen molar-refractivity contribution in [2.24, 2.45) is 0 Å². The number of benzene rings is 1. The van der Waals surface area contributed by atoms with E-state index in [2.05, 4.69) is 10.1 Å². The van der Waals surface area contributed by atoms with Gasteiger partial charge in [0.15, 0.2) is 0 Å². The van der Waals surface area contributed by atoms with Crippen molar-refractivity contribution in [2.45, 2.75) is 19.4 Å². The van der Waals surface area contributed by atoms with Crippen molar-refractivity contribution in [3.8, 4) is 0 Å². The molecule has 0 aliphatic rings. The van der Waals surface area contributed by atoms with Crippen LogP contribution in [-0.4, -0.2) is 19.6 Å². The number of methoxy groups -OCH3 is 1. The third kappa shape index (κ3) is 3.68. The van der Waals surface area contributed by atoms with E-state index in [1.165, 1.54) is 19.2 Å². The molecule has 0 saturated heterocycles. The van der Waals surface area contributed by atoms with Crippen molar-refractivity contribution in [2.75, 3.05) is 13.7 Å². The van der Waals surface area contributed by atoms with Crippen LogP contribution >= 0.6 is 11.6 Å². The first-order chi connectivity index (χ1) is 8.10. The zero-order chi connectivity index (χ0) is 12.8. The number of hydrogen-bond donors (Lipinski definition) is 1. The van der Waals surface area contributed by atoms with Gasteiger partial charge in [-0.15, -0.1) is 0 Å².